The average Bonchev–Trinajstić information content (AvgIpc) is 2.05. The number of rotatable bonds is 2. The number of aliphatic hydroxyl groups excluding tert-OH is 1. The van der Waals surface area contributed by atoms with Crippen LogP contribution in [0.4, 0.5) is 0 Å². The van der Waals surface area contributed by atoms with Gasteiger partial charge in [0.15, 0.2) is 0 Å². The van der Waals surface area contributed by atoms with Crippen molar-refractivity contribution in [3.05, 3.63) is 0 Å². The standard InChI is InChI=1S/C8H14O3S/c1-2-11-8(10)7-5-6(9)3-4-12-7/h6-7,9H,2-5H2,1H3. The van der Waals surface area contributed by atoms with Gasteiger partial charge in [-0.25, -0.2) is 0 Å². The lowest BCUT2D eigenvalue weighted by atomic mass is 10.1. The monoisotopic (exact) mass is 190 g/mol. The Labute approximate surface area is 76.5 Å². The average molecular weight is 190 g/mol. The highest BCUT2D eigenvalue weighted by atomic mass is 32.2. The van der Waals surface area contributed by atoms with Gasteiger partial charge in [0.25, 0.3) is 0 Å². The molecule has 1 heterocycles. The van der Waals surface area contributed by atoms with Gasteiger partial charge in [-0.2, -0.15) is 0 Å². The molecule has 0 aliphatic carbocycles. The van der Waals surface area contributed by atoms with Crippen LogP contribution in [0, 0.1) is 0 Å². The van der Waals surface area contributed by atoms with E-state index in [4.69, 9.17) is 4.74 Å². The number of aliphatic hydroxyl groups is 1. The smallest absolute Gasteiger partial charge is 0.319 e. The predicted molar refractivity (Wildman–Crippen MR) is 48.1 cm³/mol. The van der Waals surface area contributed by atoms with E-state index >= 15 is 0 Å². The number of carbonyl (C=O) groups excluding carboxylic acids is 1. The van der Waals surface area contributed by atoms with Crippen molar-refractivity contribution in [1.29, 1.82) is 0 Å². The van der Waals surface area contributed by atoms with Crippen molar-refractivity contribution in [3.8, 4) is 0 Å². The Hall–Kier alpha value is -0.220. The minimum absolute atomic E-state index is 0.145. The minimum Gasteiger partial charge on any atom is -0.465 e. The molecule has 2 atom stereocenters. The number of ether oxygens (including phenoxy) is 1. The topological polar surface area (TPSA) is 46.5 Å². The van der Waals surface area contributed by atoms with Gasteiger partial charge in [0.1, 0.15) is 5.25 Å². The summed E-state index contributed by atoms with van der Waals surface area (Å²) in [5, 5.41) is 9.13. The third kappa shape index (κ3) is 2.68. The van der Waals surface area contributed by atoms with Gasteiger partial charge in [-0.05, 0) is 25.5 Å². The van der Waals surface area contributed by atoms with Gasteiger partial charge < -0.3 is 9.84 Å². The molecular weight excluding hydrogens is 176 g/mol. The molecular formula is C8H14O3S. The van der Waals surface area contributed by atoms with E-state index in [1.165, 1.54) is 0 Å². The van der Waals surface area contributed by atoms with Gasteiger partial charge in [-0.1, -0.05) is 0 Å². The molecule has 2 unspecified atom stereocenters. The maximum atomic E-state index is 11.2. The Balaban J connectivity index is 2.35. The van der Waals surface area contributed by atoms with Crippen LogP contribution >= 0.6 is 11.8 Å². The molecule has 0 saturated carbocycles. The predicted octanol–water partition coefficient (Wildman–Crippen LogP) is 0.806. The van der Waals surface area contributed by atoms with Gasteiger partial charge in [-0.15, -0.1) is 11.8 Å². The maximum Gasteiger partial charge on any atom is 0.319 e. The lowest BCUT2D eigenvalue weighted by Crippen LogP contribution is -2.30. The Morgan fingerprint density at radius 3 is 3.08 bits per heavy atom. The fraction of sp³-hybridized carbons (Fsp3) is 0.875. The molecule has 0 aromatic heterocycles. The molecule has 0 radical (unpaired) electrons. The van der Waals surface area contributed by atoms with E-state index in [0.717, 1.165) is 12.2 Å². The van der Waals surface area contributed by atoms with E-state index in [-0.39, 0.29) is 17.3 Å². The lowest BCUT2D eigenvalue weighted by molar-refractivity contribution is -0.143. The first-order valence-corrected chi connectivity index (χ1v) is 5.25. The Bertz CT molecular complexity index is 160. The molecule has 1 aliphatic heterocycles. The molecule has 0 aromatic rings. The number of carbonyl (C=O) groups is 1. The first kappa shape index (κ1) is 9.86. The minimum atomic E-state index is -0.319. The number of hydrogen-bond acceptors (Lipinski definition) is 4. The van der Waals surface area contributed by atoms with Crippen LogP contribution in [-0.2, 0) is 9.53 Å². The van der Waals surface area contributed by atoms with Crippen molar-refractivity contribution < 1.29 is 14.6 Å². The zero-order chi connectivity index (χ0) is 8.97. The lowest BCUT2D eigenvalue weighted by Gasteiger charge is -2.23. The quantitative estimate of drug-likeness (QED) is 0.654. The molecule has 4 heteroatoms. The van der Waals surface area contributed by atoms with Crippen LogP contribution in [0.5, 0.6) is 0 Å². The summed E-state index contributed by atoms with van der Waals surface area (Å²) in [5.74, 6) is 0.672. The van der Waals surface area contributed by atoms with Crippen molar-refractivity contribution >= 4 is 17.7 Å². The molecule has 0 aromatic carbocycles. The van der Waals surface area contributed by atoms with Crippen LogP contribution in [0.1, 0.15) is 19.8 Å². The molecule has 3 nitrogen and oxygen atoms in total. The summed E-state index contributed by atoms with van der Waals surface area (Å²) in [7, 11) is 0. The highest BCUT2D eigenvalue weighted by Gasteiger charge is 2.27. The van der Waals surface area contributed by atoms with Gasteiger partial charge in [-0.3, -0.25) is 4.79 Å². The van der Waals surface area contributed by atoms with E-state index in [1.54, 1.807) is 18.7 Å². The Kier molecular flexibility index (Phi) is 3.88. The van der Waals surface area contributed by atoms with E-state index in [2.05, 4.69) is 0 Å². The molecule has 70 valence electrons. The van der Waals surface area contributed by atoms with Crippen LogP contribution in [0.2, 0.25) is 0 Å². The first-order valence-electron chi connectivity index (χ1n) is 4.20. The number of thioether (sulfide) groups is 1. The summed E-state index contributed by atoms with van der Waals surface area (Å²) >= 11 is 1.58. The SMILES string of the molecule is CCOC(=O)C1CC(O)CCS1. The summed E-state index contributed by atoms with van der Waals surface area (Å²) < 4.78 is 4.86. The second-order valence-corrected chi connectivity index (χ2v) is 4.10. The highest BCUT2D eigenvalue weighted by molar-refractivity contribution is 8.00. The fourth-order valence-electron chi connectivity index (χ4n) is 1.18. The third-order valence-electron chi connectivity index (χ3n) is 1.81. The molecule has 0 amide bonds. The second kappa shape index (κ2) is 4.72. The van der Waals surface area contributed by atoms with E-state index < -0.39 is 0 Å². The fourth-order valence-corrected chi connectivity index (χ4v) is 2.43. The maximum absolute atomic E-state index is 11.2. The Morgan fingerprint density at radius 1 is 1.75 bits per heavy atom. The molecule has 1 rings (SSSR count). The summed E-state index contributed by atoms with van der Waals surface area (Å²) in [6.45, 7) is 2.22. The summed E-state index contributed by atoms with van der Waals surface area (Å²) in [6, 6.07) is 0. The largest absolute Gasteiger partial charge is 0.465 e. The Morgan fingerprint density at radius 2 is 2.50 bits per heavy atom. The highest BCUT2D eigenvalue weighted by Crippen LogP contribution is 2.26. The molecule has 0 bridgehead atoms. The molecule has 12 heavy (non-hydrogen) atoms. The summed E-state index contributed by atoms with van der Waals surface area (Å²) in [6.07, 6.45) is 1.02. The first-order chi connectivity index (χ1) is 5.74. The summed E-state index contributed by atoms with van der Waals surface area (Å²) in [5.41, 5.74) is 0. The van der Waals surface area contributed by atoms with Crippen molar-refractivity contribution in [3.63, 3.8) is 0 Å². The third-order valence-corrected chi connectivity index (χ3v) is 3.06. The number of hydrogen-bond donors (Lipinski definition) is 1. The normalized spacial score (nSPS) is 29.8. The molecule has 1 N–H and O–H groups in total. The van der Waals surface area contributed by atoms with E-state index in [0.29, 0.717) is 13.0 Å². The van der Waals surface area contributed by atoms with Gasteiger partial charge in [0.05, 0.1) is 12.7 Å². The zero-order valence-electron chi connectivity index (χ0n) is 7.16. The molecule has 1 aliphatic rings. The van der Waals surface area contributed by atoms with Gasteiger partial charge in [0, 0.05) is 0 Å². The second-order valence-electron chi connectivity index (χ2n) is 2.79. The van der Waals surface area contributed by atoms with Gasteiger partial charge >= 0.3 is 5.97 Å². The van der Waals surface area contributed by atoms with Crippen LogP contribution < -0.4 is 0 Å². The van der Waals surface area contributed by atoms with Crippen molar-refractivity contribution in [2.45, 2.75) is 31.1 Å². The van der Waals surface area contributed by atoms with Crippen LogP contribution in [-0.4, -0.2) is 34.8 Å². The summed E-state index contributed by atoms with van der Waals surface area (Å²) in [4.78, 5) is 11.2. The van der Waals surface area contributed by atoms with E-state index in [1.807, 2.05) is 0 Å². The van der Waals surface area contributed by atoms with Crippen LogP contribution in [0.3, 0.4) is 0 Å². The van der Waals surface area contributed by atoms with E-state index in [9.17, 15) is 9.90 Å². The van der Waals surface area contributed by atoms with Crippen molar-refractivity contribution in [2.75, 3.05) is 12.4 Å². The molecule has 1 saturated heterocycles. The van der Waals surface area contributed by atoms with Gasteiger partial charge in [0.2, 0.25) is 0 Å². The molecule has 0 spiro atoms. The van der Waals surface area contributed by atoms with Crippen LogP contribution in [0.25, 0.3) is 0 Å². The van der Waals surface area contributed by atoms with Crippen molar-refractivity contribution in [2.24, 2.45) is 0 Å². The van der Waals surface area contributed by atoms with Crippen molar-refractivity contribution in [1.82, 2.24) is 0 Å². The number of esters is 1. The molecule has 1 fully saturated rings. The zero-order valence-corrected chi connectivity index (χ0v) is 7.97. The van der Waals surface area contributed by atoms with Crippen LogP contribution in [0.15, 0.2) is 0 Å².